The van der Waals surface area contributed by atoms with Gasteiger partial charge in [0.25, 0.3) is 0 Å². The van der Waals surface area contributed by atoms with E-state index in [1.165, 1.54) is 0 Å². The van der Waals surface area contributed by atoms with Gasteiger partial charge >= 0.3 is 0 Å². The second-order valence-corrected chi connectivity index (χ2v) is 6.22. The van der Waals surface area contributed by atoms with Crippen LogP contribution >= 0.6 is 36.0 Å². The zero-order valence-electron chi connectivity index (χ0n) is 12.7. The van der Waals surface area contributed by atoms with Crippen LogP contribution in [-0.4, -0.2) is 10.2 Å². The average molecular weight is 365 g/mol. The number of halogens is 1. The number of benzene rings is 2. The molecule has 0 bridgehead atoms. The first-order chi connectivity index (χ1) is 10.9. The zero-order valence-corrected chi connectivity index (χ0v) is 15.1. The first-order valence-electron chi connectivity index (χ1n) is 6.91. The molecule has 0 fully saturated rings. The minimum absolute atomic E-state index is 0.387. The SMILES string of the molecule is Cc1cccc(NC(=S)NNC(=S)Nc2ccc(C)c(Cl)c2)c1. The van der Waals surface area contributed by atoms with E-state index in [1.54, 1.807) is 0 Å². The molecule has 120 valence electrons. The molecule has 7 heteroatoms. The van der Waals surface area contributed by atoms with Crippen molar-refractivity contribution >= 4 is 57.6 Å². The molecule has 0 aliphatic heterocycles. The maximum Gasteiger partial charge on any atom is 0.189 e. The molecule has 0 saturated carbocycles. The fourth-order valence-electron chi connectivity index (χ4n) is 1.83. The van der Waals surface area contributed by atoms with Crippen LogP contribution in [0.2, 0.25) is 5.02 Å². The van der Waals surface area contributed by atoms with E-state index in [1.807, 2.05) is 56.3 Å². The lowest BCUT2D eigenvalue weighted by Crippen LogP contribution is -2.45. The number of hydrogen-bond donors (Lipinski definition) is 4. The Morgan fingerprint density at radius 3 is 2.04 bits per heavy atom. The Balaban J connectivity index is 1.81. The standard InChI is InChI=1S/C16H17ClN4S2/c1-10-4-3-5-12(8-10)18-15(22)20-21-16(23)19-13-7-6-11(2)14(17)9-13/h3-9H,1-2H3,(H2,18,20,22)(H2,19,21,23). The molecule has 23 heavy (non-hydrogen) atoms. The van der Waals surface area contributed by atoms with Gasteiger partial charge in [0.2, 0.25) is 0 Å². The fourth-order valence-corrected chi connectivity index (χ4v) is 2.35. The van der Waals surface area contributed by atoms with Gasteiger partial charge in [0.05, 0.1) is 0 Å². The summed E-state index contributed by atoms with van der Waals surface area (Å²) in [5.41, 5.74) is 9.53. The monoisotopic (exact) mass is 364 g/mol. The van der Waals surface area contributed by atoms with Crippen LogP contribution in [0, 0.1) is 13.8 Å². The quantitative estimate of drug-likeness (QED) is 0.474. The zero-order chi connectivity index (χ0) is 16.8. The summed E-state index contributed by atoms with van der Waals surface area (Å²) < 4.78 is 0. The minimum Gasteiger partial charge on any atom is -0.331 e. The molecule has 2 aromatic carbocycles. The van der Waals surface area contributed by atoms with Crippen LogP contribution in [0.4, 0.5) is 11.4 Å². The second-order valence-electron chi connectivity index (χ2n) is 4.99. The maximum atomic E-state index is 6.08. The van der Waals surface area contributed by atoms with Gasteiger partial charge in [0, 0.05) is 16.4 Å². The number of rotatable bonds is 2. The molecule has 2 rings (SSSR count). The Labute approximate surface area is 151 Å². The van der Waals surface area contributed by atoms with E-state index < -0.39 is 0 Å². The minimum atomic E-state index is 0.387. The van der Waals surface area contributed by atoms with Crippen LogP contribution in [0.25, 0.3) is 0 Å². The average Bonchev–Trinajstić information content (AvgIpc) is 2.49. The number of nitrogens with one attached hydrogen (secondary N) is 4. The van der Waals surface area contributed by atoms with Crippen molar-refractivity contribution in [3.8, 4) is 0 Å². The van der Waals surface area contributed by atoms with Crippen molar-refractivity contribution in [2.75, 3.05) is 10.6 Å². The van der Waals surface area contributed by atoms with Crippen LogP contribution in [0.1, 0.15) is 11.1 Å². The third-order valence-electron chi connectivity index (χ3n) is 3.00. The van der Waals surface area contributed by atoms with E-state index in [9.17, 15) is 0 Å². The smallest absolute Gasteiger partial charge is 0.189 e. The van der Waals surface area contributed by atoms with Gasteiger partial charge < -0.3 is 10.6 Å². The maximum absolute atomic E-state index is 6.08. The Bertz CT molecular complexity index is 734. The van der Waals surface area contributed by atoms with Crippen LogP contribution in [0.15, 0.2) is 42.5 Å². The van der Waals surface area contributed by atoms with E-state index in [0.29, 0.717) is 15.2 Å². The molecule has 0 spiro atoms. The molecule has 4 nitrogen and oxygen atoms in total. The van der Waals surface area contributed by atoms with Gasteiger partial charge in [-0.15, -0.1) is 0 Å². The topological polar surface area (TPSA) is 48.1 Å². The highest BCUT2D eigenvalue weighted by Crippen LogP contribution is 2.19. The van der Waals surface area contributed by atoms with Crippen molar-refractivity contribution < 1.29 is 0 Å². The predicted octanol–water partition coefficient (Wildman–Crippen LogP) is 4.14. The van der Waals surface area contributed by atoms with E-state index in [4.69, 9.17) is 36.0 Å². The molecule has 0 radical (unpaired) electrons. The number of anilines is 2. The summed E-state index contributed by atoms with van der Waals surface area (Å²) in [5, 5.41) is 7.58. The Kier molecular flexibility index (Phi) is 6.15. The molecule has 2 aromatic rings. The fraction of sp³-hybridized carbons (Fsp3) is 0.125. The van der Waals surface area contributed by atoms with Gasteiger partial charge in [-0.25, -0.2) is 0 Å². The molecule has 0 amide bonds. The van der Waals surface area contributed by atoms with Gasteiger partial charge in [-0.05, 0) is 73.7 Å². The summed E-state index contributed by atoms with van der Waals surface area (Å²) >= 11 is 16.5. The number of hydrogen-bond acceptors (Lipinski definition) is 2. The van der Waals surface area contributed by atoms with Crippen molar-refractivity contribution in [2.45, 2.75) is 13.8 Å². The van der Waals surface area contributed by atoms with Gasteiger partial charge in [0.1, 0.15) is 0 Å². The Morgan fingerprint density at radius 2 is 1.48 bits per heavy atom. The van der Waals surface area contributed by atoms with Crippen molar-refractivity contribution in [2.24, 2.45) is 0 Å². The molecule has 0 atom stereocenters. The van der Waals surface area contributed by atoms with Crippen molar-refractivity contribution in [3.63, 3.8) is 0 Å². The molecular weight excluding hydrogens is 348 g/mol. The van der Waals surface area contributed by atoms with E-state index in [2.05, 4.69) is 21.5 Å². The van der Waals surface area contributed by atoms with Crippen molar-refractivity contribution in [1.82, 2.24) is 10.9 Å². The summed E-state index contributed by atoms with van der Waals surface area (Å²) in [6, 6.07) is 13.6. The second kappa shape index (κ2) is 8.10. The lowest BCUT2D eigenvalue weighted by Gasteiger charge is -2.15. The van der Waals surface area contributed by atoms with Gasteiger partial charge in [-0.1, -0.05) is 29.8 Å². The molecule has 0 aliphatic carbocycles. The third-order valence-corrected chi connectivity index (χ3v) is 3.81. The van der Waals surface area contributed by atoms with Gasteiger partial charge in [0.15, 0.2) is 10.2 Å². The largest absolute Gasteiger partial charge is 0.331 e. The molecule has 0 heterocycles. The third kappa shape index (κ3) is 5.67. The molecule has 0 aromatic heterocycles. The highest BCUT2D eigenvalue weighted by molar-refractivity contribution is 7.81. The van der Waals surface area contributed by atoms with Crippen molar-refractivity contribution in [1.29, 1.82) is 0 Å². The van der Waals surface area contributed by atoms with Crippen LogP contribution in [0.5, 0.6) is 0 Å². The Hall–Kier alpha value is -1.89. The van der Waals surface area contributed by atoms with Crippen LogP contribution in [-0.2, 0) is 0 Å². The van der Waals surface area contributed by atoms with Crippen LogP contribution < -0.4 is 21.5 Å². The summed E-state index contributed by atoms with van der Waals surface area (Å²) in [4.78, 5) is 0. The van der Waals surface area contributed by atoms with E-state index in [-0.39, 0.29) is 0 Å². The van der Waals surface area contributed by atoms with Gasteiger partial charge in [-0.3, -0.25) is 10.9 Å². The van der Waals surface area contributed by atoms with E-state index in [0.717, 1.165) is 22.5 Å². The lowest BCUT2D eigenvalue weighted by molar-refractivity contribution is 0.885. The molecule has 0 aliphatic rings. The summed E-state index contributed by atoms with van der Waals surface area (Å²) in [6.07, 6.45) is 0. The lowest BCUT2D eigenvalue weighted by atomic mass is 10.2. The number of hydrazine groups is 1. The van der Waals surface area contributed by atoms with E-state index >= 15 is 0 Å². The molecule has 0 saturated heterocycles. The predicted molar refractivity (Wildman–Crippen MR) is 106 cm³/mol. The van der Waals surface area contributed by atoms with Crippen LogP contribution in [0.3, 0.4) is 0 Å². The normalized spacial score (nSPS) is 9.87. The highest BCUT2D eigenvalue weighted by atomic mass is 35.5. The molecule has 0 unspecified atom stereocenters. The number of aryl methyl sites for hydroxylation is 2. The summed E-state index contributed by atoms with van der Waals surface area (Å²) in [5.74, 6) is 0. The highest BCUT2D eigenvalue weighted by Gasteiger charge is 2.02. The summed E-state index contributed by atoms with van der Waals surface area (Å²) in [6.45, 7) is 3.96. The number of thiocarbonyl (C=S) groups is 2. The Morgan fingerprint density at radius 1 is 0.870 bits per heavy atom. The van der Waals surface area contributed by atoms with Gasteiger partial charge in [-0.2, -0.15) is 0 Å². The first-order valence-corrected chi connectivity index (χ1v) is 8.10. The molecule has 4 N–H and O–H groups in total. The van der Waals surface area contributed by atoms with Crippen molar-refractivity contribution in [3.05, 3.63) is 58.6 Å². The summed E-state index contributed by atoms with van der Waals surface area (Å²) in [7, 11) is 0. The first kappa shape index (κ1) is 17.5. The molecular formula is C16H17ClN4S2.